The van der Waals surface area contributed by atoms with Crippen LogP contribution in [0.25, 0.3) is 0 Å². The topological polar surface area (TPSA) is 42.4 Å². The number of thiazole rings is 1. The number of benzene rings is 1. The number of morpholine rings is 1. The highest BCUT2D eigenvalue weighted by molar-refractivity contribution is 7.09. The number of hydrogen-bond acceptors (Lipinski definition) is 4. The molecule has 2 heterocycles. The largest absolute Gasteiger partial charge is 0.377 e. The van der Waals surface area contributed by atoms with E-state index in [1.165, 1.54) is 0 Å². The normalized spacial score (nSPS) is 18.2. The number of rotatable bonds is 4. The molecule has 0 N–H and O–H groups in total. The van der Waals surface area contributed by atoms with E-state index in [0.29, 0.717) is 37.6 Å². The van der Waals surface area contributed by atoms with Gasteiger partial charge < -0.3 is 9.64 Å². The van der Waals surface area contributed by atoms with E-state index in [4.69, 9.17) is 16.3 Å². The second kappa shape index (κ2) is 7.43. The van der Waals surface area contributed by atoms with E-state index in [1.807, 2.05) is 41.5 Å². The Labute approximate surface area is 145 Å². The van der Waals surface area contributed by atoms with Gasteiger partial charge in [-0.1, -0.05) is 29.8 Å². The third-order valence-corrected chi connectivity index (χ3v) is 5.15. The van der Waals surface area contributed by atoms with Crippen molar-refractivity contribution >= 4 is 28.8 Å². The molecule has 1 aliphatic rings. The summed E-state index contributed by atoms with van der Waals surface area (Å²) in [6, 6.07) is 7.59. The Kier molecular flexibility index (Phi) is 5.30. The van der Waals surface area contributed by atoms with Gasteiger partial charge in [0, 0.05) is 23.4 Å². The molecule has 1 saturated heterocycles. The minimum absolute atomic E-state index is 0.0764. The second-order valence-corrected chi connectivity index (χ2v) is 7.03. The number of aryl methyl sites for hydroxylation is 2. The average molecular weight is 351 g/mol. The summed E-state index contributed by atoms with van der Waals surface area (Å²) in [5, 5.41) is 3.74. The first-order valence-corrected chi connectivity index (χ1v) is 8.93. The van der Waals surface area contributed by atoms with Gasteiger partial charge in [-0.3, -0.25) is 4.79 Å². The predicted octanol–water partition coefficient (Wildman–Crippen LogP) is 3.64. The zero-order valence-electron chi connectivity index (χ0n) is 13.0. The summed E-state index contributed by atoms with van der Waals surface area (Å²) in [4.78, 5) is 19.1. The molecule has 23 heavy (non-hydrogen) atoms. The van der Waals surface area contributed by atoms with Crippen molar-refractivity contribution in [2.24, 2.45) is 0 Å². The zero-order chi connectivity index (χ0) is 16.2. The van der Waals surface area contributed by atoms with Crippen molar-refractivity contribution in [3.8, 4) is 0 Å². The van der Waals surface area contributed by atoms with E-state index < -0.39 is 0 Å². The van der Waals surface area contributed by atoms with Crippen LogP contribution in [-0.2, 0) is 16.0 Å². The van der Waals surface area contributed by atoms with Crippen LogP contribution in [0.15, 0.2) is 29.6 Å². The van der Waals surface area contributed by atoms with Crippen LogP contribution in [0.1, 0.15) is 28.7 Å². The average Bonchev–Trinajstić information content (AvgIpc) is 3.00. The Morgan fingerprint density at radius 1 is 1.48 bits per heavy atom. The molecule has 0 saturated carbocycles. The number of halogens is 1. The van der Waals surface area contributed by atoms with Gasteiger partial charge in [0.15, 0.2) is 0 Å². The van der Waals surface area contributed by atoms with Crippen molar-refractivity contribution < 1.29 is 9.53 Å². The van der Waals surface area contributed by atoms with Gasteiger partial charge >= 0.3 is 0 Å². The second-order valence-electron chi connectivity index (χ2n) is 5.56. The van der Waals surface area contributed by atoms with Gasteiger partial charge in [-0.2, -0.15) is 0 Å². The molecule has 1 atom stereocenters. The molecule has 1 aromatic heterocycles. The van der Waals surface area contributed by atoms with Crippen molar-refractivity contribution in [2.75, 3.05) is 19.8 Å². The van der Waals surface area contributed by atoms with E-state index in [-0.39, 0.29) is 11.9 Å². The highest BCUT2D eigenvalue weighted by Gasteiger charge is 2.29. The lowest BCUT2D eigenvalue weighted by molar-refractivity contribution is -0.140. The lowest BCUT2D eigenvalue weighted by Crippen LogP contribution is -2.43. The summed E-state index contributed by atoms with van der Waals surface area (Å²) in [5.74, 6) is 0.129. The Hall–Kier alpha value is -1.43. The summed E-state index contributed by atoms with van der Waals surface area (Å²) in [6.45, 7) is 3.68. The van der Waals surface area contributed by atoms with Crippen LogP contribution < -0.4 is 0 Å². The molecule has 1 unspecified atom stereocenters. The van der Waals surface area contributed by atoms with Crippen LogP contribution in [0.5, 0.6) is 0 Å². The smallest absolute Gasteiger partial charge is 0.223 e. The first-order valence-electron chi connectivity index (χ1n) is 7.68. The monoisotopic (exact) mass is 350 g/mol. The lowest BCUT2D eigenvalue weighted by atomic mass is 10.1. The van der Waals surface area contributed by atoms with E-state index in [2.05, 4.69) is 4.98 Å². The fourth-order valence-corrected chi connectivity index (χ4v) is 3.66. The van der Waals surface area contributed by atoms with Crippen LogP contribution >= 0.6 is 22.9 Å². The minimum atomic E-state index is -0.0764. The lowest BCUT2D eigenvalue weighted by Gasteiger charge is -2.34. The Balaban J connectivity index is 1.68. The molecule has 1 aromatic carbocycles. The van der Waals surface area contributed by atoms with Crippen molar-refractivity contribution in [3.63, 3.8) is 0 Å². The molecule has 0 spiro atoms. The maximum absolute atomic E-state index is 12.7. The van der Waals surface area contributed by atoms with Gasteiger partial charge in [0.25, 0.3) is 0 Å². The summed E-state index contributed by atoms with van der Waals surface area (Å²) in [6.07, 6.45) is 1.10. The van der Waals surface area contributed by atoms with Crippen molar-refractivity contribution in [2.45, 2.75) is 25.8 Å². The fraction of sp³-hybridized carbons (Fsp3) is 0.412. The Bertz CT molecular complexity index is 689. The maximum Gasteiger partial charge on any atom is 0.223 e. The van der Waals surface area contributed by atoms with E-state index in [0.717, 1.165) is 16.3 Å². The van der Waals surface area contributed by atoms with Gasteiger partial charge in [0.05, 0.1) is 30.0 Å². The molecule has 0 aliphatic carbocycles. The summed E-state index contributed by atoms with van der Waals surface area (Å²) in [5.41, 5.74) is 1.94. The van der Waals surface area contributed by atoms with E-state index >= 15 is 0 Å². The van der Waals surface area contributed by atoms with Gasteiger partial charge in [0.2, 0.25) is 5.91 Å². The standard InChI is InChI=1S/C17H19ClN2O2S/c1-12-19-15(11-23-12)16-10-22-9-8-20(16)17(21)7-6-13-4-2-3-5-14(13)18/h2-5,11,16H,6-10H2,1H3. The maximum atomic E-state index is 12.7. The number of nitrogens with zero attached hydrogens (tertiary/aromatic N) is 2. The summed E-state index contributed by atoms with van der Waals surface area (Å²) < 4.78 is 5.56. The molecule has 1 aliphatic heterocycles. The minimum Gasteiger partial charge on any atom is -0.377 e. The van der Waals surface area contributed by atoms with Crippen molar-refractivity contribution in [1.29, 1.82) is 0 Å². The number of carbonyl (C=O) groups is 1. The molecule has 6 heteroatoms. The molecule has 1 fully saturated rings. The SMILES string of the molecule is Cc1nc(C2COCCN2C(=O)CCc2ccccc2Cl)cs1. The number of hydrogen-bond donors (Lipinski definition) is 0. The predicted molar refractivity (Wildman–Crippen MR) is 91.9 cm³/mol. The van der Waals surface area contributed by atoms with Gasteiger partial charge in [0.1, 0.15) is 0 Å². The van der Waals surface area contributed by atoms with Crippen LogP contribution in [0.2, 0.25) is 5.02 Å². The van der Waals surface area contributed by atoms with Crippen LogP contribution in [-0.4, -0.2) is 35.5 Å². The van der Waals surface area contributed by atoms with Gasteiger partial charge in [-0.25, -0.2) is 4.98 Å². The Morgan fingerprint density at radius 3 is 3.04 bits per heavy atom. The van der Waals surface area contributed by atoms with E-state index in [9.17, 15) is 4.79 Å². The fourth-order valence-electron chi connectivity index (χ4n) is 2.77. The highest BCUT2D eigenvalue weighted by Crippen LogP contribution is 2.26. The highest BCUT2D eigenvalue weighted by atomic mass is 35.5. The molecule has 3 rings (SSSR count). The summed E-state index contributed by atoms with van der Waals surface area (Å²) in [7, 11) is 0. The third-order valence-electron chi connectivity index (χ3n) is 3.99. The molecule has 4 nitrogen and oxygen atoms in total. The molecule has 1 amide bonds. The molecule has 0 radical (unpaired) electrons. The van der Waals surface area contributed by atoms with Gasteiger partial charge in [-0.15, -0.1) is 11.3 Å². The number of ether oxygens (including phenoxy) is 1. The Morgan fingerprint density at radius 2 is 2.30 bits per heavy atom. The van der Waals surface area contributed by atoms with Crippen molar-refractivity contribution in [3.05, 3.63) is 50.9 Å². The molecule has 0 bridgehead atoms. The zero-order valence-corrected chi connectivity index (χ0v) is 14.6. The van der Waals surface area contributed by atoms with Crippen LogP contribution in [0.3, 0.4) is 0 Å². The van der Waals surface area contributed by atoms with Crippen LogP contribution in [0, 0.1) is 6.92 Å². The quantitative estimate of drug-likeness (QED) is 0.845. The van der Waals surface area contributed by atoms with Crippen molar-refractivity contribution in [1.82, 2.24) is 9.88 Å². The molecule has 2 aromatic rings. The third kappa shape index (κ3) is 3.91. The summed E-state index contributed by atoms with van der Waals surface area (Å²) >= 11 is 7.77. The number of carbonyl (C=O) groups excluding carboxylic acids is 1. The van der Waals surface area contributed by atoms with Gasteiger partial charge in [-0.05, 0) is 25.0 Å². The van der Waals surface area contributed by atoms with Crippen LogP contribution in [0.4, 0.5) is 0 Å². The number of amides is 1. The molecule has 122 valence electrons. The molecular formula is C17H19ClN2O2S. The first kappa shape index (κ1) is 16.4. The number of aromatic nitrogens is 1. The first-order chi connectivity index (χ1) is 11.1. The van der Waals surface area contributed by atoms with E-state index in [1.54, 1.807) is 11.3 Å². The molecular weight excluding hydrogens is 332 g/mol.